The molecule has 1 aliphatic rings. The van der Waals surface area contributed by atoms with Gasteiger partial charge in [-0.3, -0.25) is 9.59 Å². The zero-order chi connectivity index (χ0) is 18.0. The molecular weight excluding hydrogens is 335 g/mol. The van der Waals surface area contributed by atoms with Crippen molar-refractivity contribution in [1.29, 1.82) is 0 Å². The predicted octanol–water partition coefficient (Wildman–Crippen LogP) is 2.18. The zero-order valence-corrected chi connectivity index (χ0v) is 13.3. The van der Waals surface area contributed by atoms with Crippen molar-refractivity contribution >= 4 is 5.91 Å². The fourth-order valence-corrected chi connectivity index (χ4v) is 2.90. The number of hydrogen-bond acceptors (Lipinski definition) is 3. The van der Waals surface area contributed by atoms with Crippen LogP contribution in [0.5, 0.6) is 0 Å². The number of amides is 1. The first kappa shape index (κ1) is 17.2. The van der Waals surface area contributed by atoms with Gasteiger partial charge >= 0.3 is 6.18 Å². The van der Waals surface area contributed by atoms with Crippen molar-refractivity contribution in [3.63, 3.8) is 0 Å². The van der Waals surface area contributed by atoms with E-state index in [1.807, 2.05) is 0 Å². The molecule has 2 aromatic rings. The van der Waals surface area contributed by atoms with Gasteiger partial charge in [0.1, 0.15) is 0 Å². The highest BCUT2D eigenvalue weighted by Crippen LogP contribution is 2.31. The van der Waals surface area contributed by atoms with Crippen molar-refractivity contribution in [2.75, 3.05) is 6.54 Å². The maximum Gasteiger partial charge on any atom is 0.417 e. The van der Waals surface area contributed by atoms with Crippen LogP contribution in [-0.2, 0) is 25.6 Å². The Morgan fingerprint density at radius 1 is 1.24 bits per heavy atom. The van der Waals surface area contributed by atoms with Crippen LogP contribution >= 0.6 is 0 Å². The van der Waals surface area contributed by atoms with E-state index in [9.17, 15) is 22.8 Å². The van der Waals surface area contributed by atoms with Crippen molar-refractivity contribution in [2.24, 2.45) is 0 Å². The largest absolute Gasteiger partial charge is 0.417 e. The van der Waals surface area contributed by atoms with Crippen LogP contribution in [0.3, 0.4) is 0 Å². The highest BCUT2D eigenvalue weighted by Gasteiger charge is 2.34. The monoisotopic (exact) mass is 351 g/mol. The van der Waals surface area contributed by atoms with Crippen LogP contribution in [0.25, 0.3) is 0 Å². The summed E-state index contributed by atoms with van der Waals surface area (Å²) >= 11 is 0. The van der Waals surface area contributed by atoms with E-state index in [-0.39, 0.29) is 18.6 Å². The van der Waals surface area contributed by atoms with Gasteiger partial charge < -0.3 is 5.32 Å². The molecule has 8 heteroatoms. The lowest BCUT2D eigenvalue weighted by Crippen LogP contribution is -2.33. The minimum absolute atomic E-state index is 0.0106. The molecule has 0 spiro atoms. The Balaban J connectivity index is 1.67. The summed E-state index contributed by atoms with van der Waals surface area (Å²) in [4.78, 5) is 24.0. The quantitative estimate of drug-likeness (QED) is 0.918. The third kappa shape index (κ3) is 3.72. The Kier molecular flexibility index (Phi) is 4.61. The van der Waals surface area contributed by atoms with Gasteiger partial charge in [0.15, 0.2) is 0 Å². The third-order valence-corrected chi connectivity index (χ3v) is 4.11. The van der Waals surface area contributed by atoms with Crippen molar-refractivity contribution < 1.29 is 18.0 Å². The highest BCUT2D eigenvalue weighted by molar-refractivity contribution is 5.95. The Hall–Kier alpha value is -2.64. The lowest BCUT2D eigenvalue weighted by molar-refractivity contribution is -0.137. The number of rotatable bonds is 4. The molecule has 1 heterocycles. The van der Waals surface area contributed by atoms with Crippen LogP contribution in [-0.4, -0.2) is 22.2 Å². The van der Waals surface area contributed by atoms with E-state index < -0.39 is 23.2 Å². The van der Waals surface area contributed by atoms with Gasteiger partial charge in [-0.05, 0) is 37.0 Å². The molecule has 0 atom stereocenters. The van der Waals surface area contributed by atoms with Gasteiger partial charge in [0, 0.05) is 12.6 Å². The Bertz CT molecular complexity index is 859. The van der Waals surface area contributed by atoms with E-state index in [0.717, 1.165) is 42.7 Å². The molecule has 0 aliphatic heterocycles. The topological polar surface area (TPSA) is 64.0 Å². The number of nitrogens with zero attached hydrogens (tertiary/aromatic N) is 2. The Morgan fingerprint density at radius 2 is 2.00 bits per heavy atom. The van der Waals surface area contributed by atoms with Crippen LogP contribution in [0.2, 0.25) is 0 Å². The van der Waals surface area contributed by atoms with Gasteiger partial charge in [-0.25, -0.2) is 4.68 Å². The molecule has 1 aliphatic carbocycles. The second-order valence-electron chi connectivity index (χ2n) is 5.83. The first-order valence-electron chi connectivity index (χ1n) is 7.90. The van der Waals surface area contributed by atoms with Gasteiger partial charge in [0.25, 0.3) is 11.5 Å². The first-order valence-corrected chi connectivity index (χ1v) is 7.90. The summed E-state index contributed by atoms with van der Waals surface area (Å²) in [5.74, 6) is -0.831. The molecule has 1 aromatic carbocycles. The number of hydrogen-bond donors (Lipinski definition) is 1. The molecule has 0 saturated carbocycles. The molecule has 0 unspecified atom stereocenters. The van der Waals surface area contributed by atoms with E-state index >= 15 is 0 Å². The maximum absolute atomic E-state index is 12.9. The van der Waals surface area contributed by atoms with E-state index in [4.69, 9.17) is 0 Å². The molecule has 1 amide bonds. The number of aryl methyl sites for hydroxylation is 2. The molecule has 1 aromatic heterocycles. The average Bonchev–Trinajstić information content (AvgIpc) is 3.01. The predicted molar refractivity (Wildman–Crippen MR) is 84.3 cm³/mol. The lowest BCUT2D eigenvalue weighted by Gasteiger charge is -2.13. The summed E-state index contributed by atoms with van der Waals surface area (Å²) in [6.07, 6.45) is -2.01. The van der Waals surface area contributed by atoms with Gasteiger partial charge in [-0.1, -0.05) is 12.1 Å². The molecule has 1 N–H and O–H groups in total. The number of nitrogens with one attached hydrogen (secondary N) is 1. The highest BCUT2D eigenvalue weighted by atomic mass is 19.4. The van der Waals surface area contributed by atoms with Crippen LogP contribution in [0.15, 0.2) is 35.1 Å². The van der Waals surface area contributed by atoms with Crippen molar-refractivity contribution in [3.05, 3.63) is 63.1 Å². The summed E-state index contributed by atoms with van der Waals surface area (Å²) < 4.78 is 40.1. The lowest BCUT2D eigenvalue weighted by atomic mass is 10.1. The summed E-state index contributed by atoms with van der Waals surface area (Å²) in [7, 11) is 0. The zero-order valence-electron chi connectivity index (χ0n) is 13.3. The van der Waals surface area contributed by atoms with Crippen LogP contribution in [0.1, 0.15) is 33.6 Å². The second-order valence-corrected chi connectivity index (χ2v) is 5.83. The van der Waals surface area contributed by atoms with Crippen molar-refractivity contribution in [2.45, 2.75) is 32.0 Å². The SMILES string of the molecule is O=C(NCCn1nc2c(cc1=O)CCC2)c1ccccc1C(F)(F)F. The second kappa shape index (κ2) is 6.70. The number of carbonyl (C=O) groups excluding carboxylic acids is 1. The number of aromatic nitrogens is 2. The van der Waals surface area contributed by atoms with Gasteiger partial charge in [0.05, 0.1) is 23.4 Å². The average molecular weight is 351 g/mol. The third-order valence-electron chi connectivity index (χ3n) is 4.11. The van der Waals surface area contributed by atoms with E-state index in [2.05, 4.69) is 10.4 Å². The first-order chi connectivity index (χ1) is 11.9. The number of halogens is 3. The van der Waals surface area contributed by atoms with Crippen molar-refractivity contribution in [1.82, 2.24) is 15.1 Å². The molecule has 0 fully saturated rings. The van der Waals surface area contributed by atoms with Crippen LogP contribution < -0.4 is 10.9 Å². The molecule has 25 heavy (non-hydrogen) atoms. The number of fused-ring (bicyclic) bond motifs is 1. The summed E-state index contributed by atoms with van der Waals surface area (Å²) in [6, 6.07) is 6.12. The number of alkyl halides is 3. The molecule has 132 valence electrons. The maximum atomic E-state index is 12.9. The summed E-state index contributed by atoms with van der Waals surface area (Å²) in [6.45, 7) is 0.114. The Morgan fingerprint density at radius 3 is 2.76 bits per heavy atom. The summed E-state index contributed by atoms with van der Waals surface area (Å²) in [5.41, 5.74) is 0.118. The fraction of sp³-hybridized carbons (Fsp3) is 0.353. The number of benzene rings is 1. The minimum atomic E-state index is -4.60. The van der Waals surface area contributed by atoms with E-state index in [1.165, 1.54) is 22.9 Å². The van der Waals surface area contributed by atoms with Crippen LogP contribution in [0, 0.1) is 0 Å². The molecular formula is C17H16F3N3O2. The van der Waals surface area contributed by atoms with Gasteiger partial charge in [0.2, 0.25) is 0 Å². The number of carbonyl (C=O) groups is 1. The van der Waals surface area contributed by atoms with Crippen LogP contribution in [0.4, 0.5) is 13.2 Å². The standard InChI is InChI=1S/C17H16F3N3O2/c18-17(19,20)13-6-2-1-5-12(13)16(25)21-8-9-23-15(24)10-11-4-3-7-14(11)22-23/h1-2,5-6,10H,3-4,7-9H2,(H,21,25). The summed E-state index contributed by atoms with van der Waals surface area (Å²) in [5, 5.41) is 6.67. The van der Waals surface area contributed by atoms with Gasteiger partial charge in [-0.2, -0.15) is 18.3 Å². The van der Waals surface area contributed by atoms with E-state index in [1.54, 1.807) is 0 Å². The van der Waals surface area contributed by atoms with E-state index in [0.29, 0.717) is 0 Å². The molecule has 0 bridgehead atoms. The van der Waals surface area contributed by atoms with Crippen molar-refractivity contribution in [3.8, 4) is 0 Å². The fourth-order valence-electron chi connectivity index (χ4n) is 2.90. The van der Waals surface area contributed by atoms with Gasteiger partial charge in [-0.15, -0.1) is 0 Å². The molecule has 0 saturated heterocycles. The smallest absolute Gasteiger partial charge is 0.350 e. The normalized spacial score (nSPS) is 13.6. The molecule has 5 nitrogen and oxygen atoms in total. The Labute approximate surface area is 141 Å². The molecule has 0 radical (unpaired) electrons. The minimum Gasteiger partial charge on any atom is -0.350 e. The molecule has 3 rings (SSSR count).